The van der Waals surface area contributed by atoms with Crippen LogP contribution in [0, 0.1) is 5.92 Å². The maximum Gasteiger partial charge on any atom is 0.253 e. The summed E-state index contributed by atoms with van der Waals surface area (Å²) >= 11 is 0. The highest BCUT2D eigenvalue weighted by Crippen LogP contribution is 2.26. The van der Waals surface area contributed by atoms with Crippen LogP contribution in [0.2, 0.25) is 0 Å². The summed E-state index contributed by atoms with van der Waals surface area (Å²) in [5.41, 5.74) is 2.10. The third-order valence-corrected chi connectivity index (χ3v) is 3.49. The van der Waals surface area contributed by atoms with Crippen molar-refractivity contribution in [1.82, 2.24) is 5.32 Å². The van der Waals surface area contributed by atoms with Crippen LogP contribution in [0.15, 0.2) is 24.3 Å². The summed E-state index contributed by atoms with van der Waals surface area (Å²) < 4.78 is 5.57. The second-order valence-electron chi connectivity index (χ2n) is 5.26. The van der Waals surface area contributed by atoms with Crippen LogP contribution in [-0.2, 0) is 16.0 Å². The molecule has 1 aliphatic rings. The Bertz CT molecular complexity index is 445. The van der Waals surface area contributed by atoms with Crippen molar-refractivity contribution in [2.45, 2.75) is 32.5 Å². The number of amides is 1. The molecule has 2 unspecified atom stereocenters. The molecule has 4 nitrogen and oxygen atoms in total. The van der Waals surface area contributed by atoms with Crippen molar-refractivity contribution in [2.75, 3.05) is 13.2 Å². The fraction of sp³-hybridized carbons (Fsp3) is 0.533. The van der Waals surface area contributed by atoms with E-state index in [-0.39, 0.29) is 18.4 Å². The van der Waals surface area contributed by atoms with Crippen LogP contribution in [0.1, 0.15) is 31.1 Å². The molecule has 2 atom stereocenters. The van der Waals surface area contributed by atoms with E-state index < -0.39 is 12.2 Å². The lowest BCUT2D eigenvalue weighted by Crippen LogP contribution is -2.39. The average Bonchev–Trinajstić information content (AvgIpc) is 2.43. The summed E-state index contributed by atoms with van der Waals surface area (Å²) in [5, 5.41) is 12.5. The number of aliphatic hydroxyl groups is 1. The van der Waals surface area contributed by atoms with E-state index in [2.05, 4.69) is 5.32 Å². The number of nitrogens with one attached hydrogen (secondary N) is 1. The fourth-order valence-corrected chi connectivity index (χ4v) is 2.14. The van der Waals surface area contributed by atoms with Crippen molar-refractivity contribution >= 4 is 5.91 Å². The van der Waals surface area contributed by atoms with Gasteiger partial charge in [0.1, 0.15) is 0 Å². The SMILES string of the molecule is CC(C)C(O)CNC(=O)C1OCCc2ccccc21. The Morgan fingerprint density at radius 3 is 2.95 bits per heavy atom. The molecule has 0 saturated carbocycles. The van der Waals surface area contributed by atoms with E-state index >= 15 is 0 Å². The number of fused-ring (bicyclic) bond motifs is 1. The zero-order chi connectivity index (χ0) is 13.8. The Morgan fingerprint density at radius 1 is 1.47 bits per heavy atom. The maximum absolute atomic E-state index is 12.1. The fourth-order valence-electron chi connectivity index (χ4n) is 2.14. The van der Waals surface area contributed by atoms with Gasteiger partial charge in [0, 0.05) is 6.54 Å². The van der Waals surface area contributed by atoms with Gasteiger partial charge in [-0.05, 0) is 23.5 Å². The average molecular weight is 263 g/mol. The molecule has 0 spiro atoms. The molecular formula is C15H21NO3. The Labute approximate surface area is 113 Å². The number of benzene rings is 1. The maximum atomic E-state index is 12.1. The number of rotatable bonds is 4. The van der Waals surface area contributed by atoms with Gasteiger partial charge in [0.15, 0.2) is 6.10 Å². The summed E-state index contributed by atoms with van der Waals surface area (Å²) in [6.45, 7) is 4.66. The first kappa shape index (κ1) is 14.0. The molecule has 0 fully saturated rings. The predicted octanol–water partition coefficient (Wildman–Crippen LogP) is 1.43. The van der Waals surface area contributed by atoms with Gasteiger partial charge in [-0.15, -0.1) is 0 Å². The largest absolute Gasteiger partial charge is 0.391 e. The van der Waals surface area contributed by atoms with Crippen molar-refractivity contribution in [3.63, 3.8) is 0 Å². The summed E-state index contributed by atoms with van der Waals surface area (Å²) in [7, 11) is 0. The molecule has 1 heterocycles. The molecule has 19 heavy (non-hydrogen) atoms. The molecule has 0 saturated heterocycles. The quantitative estimate of drug-likeness (QED) is 0.864. The molecule has 0 aromatic heterocycles. The number of carbonyl (C=O) groups excluding carboxylic acids is 1. The lowest BCUT2D eigenvalue weighted by Gasteiger charge is -2.26. The highest BCUT2D eigenvalue weighted by atomic mass is 16.5. The summed E-state index contributed by atoms with van der Waals surface area (Å²) in [5.74, 6) is -0.0493. The first-order valence-corrected chi connectivity index (χ1v) is 6.74. The van der Waals surface area contributed by atoms with Crippen molar-refractivity contribution in [1.29, 1.82) is 0 Å². The van der Waals surface area contributed by atoms with E-state index in [0.717, 1.165) is 12.0 Å². The second-order valence-corrected chi connectivity index (χ2v) is 5.26. The molecule has 0 bridgehead atoms. The number of aliphatic hydroxyl groups excluding tert-OH is 1. The van der Waals surface area contributed by atoms with Crippen LogP contribution in [0.4, 0.5) is 0 Å². The molecule has 1 aromatic carbocycles. The smallest absolute Gasteiger partial charge is 0.253 e. The van der Waals surface area contributed by atoms with Crippen LogP contribution in [0.25, 0.3) is 0 Å². The van der Waals surface area contributed by atoms with Gasteiger partial charge in [-0.1, -0.05) is 38.1 Å². The topological polar surface area (TPSA) is 58.6 Å². The Kier molecular flexibility index (Phi) is 4.56. The van der Waals surface area contributed by atoms with Crippen LogP contribution in [0.3, 0.4) is 0 Å². The number of ether oxygens (including phenoxy) is 1. The minimum Gasteiger partial charge on any atom is -0.391 e. The molecule has 2 rings (SSSR count). The molecule has 2 N–H and O–H groups in total. The van der Waals surface area contributed by atoms with Crippen LogP contribution in [-0.4, -0.2) is 30.3 Å². The van der Waals surface area contributed by atoms with Crippen LogP contribution < -0.4 is 5.32 Å². The third-order valence-electron chi connectivity index (χ3n) is 3.49. The van der Waals surface area contributed by atoms with Gasteiger partial charge in [-0.2, -0.15) is 0 Å². The van der Waals surface area contributed by atoms with Crippen molar-refractivity contribution in [2.24, 2.45) is 5.92 Å². The van der Waals surface area contributed by atoms with Gasteiger partial charge in [0.25, 0.3) is 5.91 Å². The zero-order valence-electron chi connectivity index (χ0n) is 11.4. The van der Waals surface area contributed by atoms with E-state index in [0.29, 0.717) is 6.61 Å². The van der Waals surface area contributed by atoms with Crippen molar-refractivity contribution in [3.8, 4) is 0 Å². The van der Waals surface area contributed by atoms with E-state index in [1.54, 1.807) is 0 Å². The van der Waals surface area contributed by atoms with Gasteiger partial charge in [0.05, 0.1) is 12.7 Å². The molecule has 4 heteroatoms. The lowest BCUT2D eigenvalue weighted by atomic mass is 9.97. The normalized spacial score (nSPS) is 19.9. The molecule has 0 radical (unpaired) electrons. The van der Waals surface area contributed by atoms with Gasteiger partial charge in [-0.3, -0.25) is 4.79 Å². The van der Waals surface area contributed by atoms with Gasteiger partial charge >= 0.3 is 0 Å². The summed E-state index contributed by atoms with van der Waals surface area (Å²) in [6.07, 6.45) is -0.235. The monoisotopic (exact) mass is 263 g/mol. The lowest BCUT2D eigenvalue weighted by molar-refractivity contribution is -0.134. The Balaban J connectivity index is 2.01. The van der Waals surface area contributed by atoms with Crippen molar-refractivity contribution < 1.29 is 14.6 Å². The molecule has 1 amide bonds. The molecule has 0 aliphatic carbocycles. The minimum atomic E-state index is -0.552. The van der Waals surface area contributed by atoms with Gasteiger partial charge < -0.3 is 15.2 Å². The first-order valence-electron chi connectivity index (χ1n) is 6.74. The highest BCUT2D eigenvalue weighted by molar-refractivity contribution is 5.82. The highest BCUT2D eigenvalue weighted by Gasteiger charge is 2.27. The van der Waals surface area contributed by atoms with E-state index in [4.69, 9.17) is 4.74 Å². The summed E-state index contributed by atoms with van der Waals surface area (Å²) in [4.78, 5) is 12.1. The standard InChI is InChI=1S/C15H21NO3/c1-10(2)13(17)9-16-15(18)14-12-6-4-3-5-11(12)7-8-19-14/h3-6,10,13-14,17H,7-9H2,1-2H3,(H,16,18). The third kappa shape index (κ3) is 3.33. The molecular weight excluding hydrogens is 242 g/mol. The van der Waals surface area contributed by atoms with Crippen LogP contribution >= 0.6 is 0 Å². The molecule has 1 aromatic rings. The van der Waals surface area contributed by atoms with Gasteiger partial charge in [-0.25, -0.2) is 0 Å². The second kappa shape index (κ2) is 6.17. The summed E-state index contributed by atoms with van der Waals surface area (Å²) in [6, 6.07) is 7.84. The molecule has 1 aliphatic heterocycles. The Morgan fingerprint density at radius 2 is 2.21 bits per heavy atom. The van der Waals surface area contributed by atoms with E-state index in [1.807, 2.05) is 38.1 Å². The predicted molar refractivity (Wildman–Crippen MR) is 72.7 cm³/mol. The van der Waals surface area contributed by atoms with Crippen molar-refractivity contribution in [3.05, 3.63) is 35.4 Å². The van der Waals surface area contributed by atoms with E-state index in [9.17, 15) is 9.90 Å². The minimum absolute atomic E-state index is 0.125. The zero-order valence-corrected chi connectivity index (χ0v) is 11.4. The van der Waals surface area contributed by atoms with Crippen LogP contribution in [0.5, 0.6) is 0 Å². The van der Waals surface area contributed by atoms with Gasteiger partial charge in [0.2, 0.25) is 0 Å². The van der Waals surface area contributed by atoms with E-state index in [1.165, 1.54) is 5.56 Å². The first-order chi connectivity index (χ1) is 9.09. The number of hydrogen-bond acceptors (Lipinski definition) is 3. The number of carbonyl (C=O) groups is 1. The number of hydrogen-bond donors (Lipinski definition) is 2. The molecule has 104 valence electrons. The Hall–Kier alpha value is -1.39.